The number of hydrogen-bond donors (Lipinski definition) is 2. The van der Waals surface area contributed by atoms with Gasteiger partial charge in [0.2, 0.25) is 0 Å². The molecule has 2 rings (SSSR count). The number of ether oxygens (including phenoxy) is 2. The van der Waals surface area contributed by atoms with E-state index in [4.69, 9.17) is 38.4 Å². The van der Waals surface area contributed by atoms with Crippen LogP contribution in [-0.4, -0.2) is 37.9 Å². The summed E-state index contributed by atoms with van der Waals surface area (Å²) in [6.07, 6.45) is 2.17. The van der Waals surface area contributed by atoms with Gasteiger partial charge in [-0.25, -0.2) is 14.6 Å². The second-order valence-electron chi connectivity index (χ2n) is 6.50. The fourth-order valence-electron chi connectivity index (χ4n) is 2.50. The van der Waals surface area contributed by atoms with Gasteiger partial charge < -0.3 is 20.5 Å². The Bertz CT molecular complexity index is 846. The third kappa shape index (κ3) is 6.51. The molecule has 0 heterocycles. The van der Waals surface area contributed by atoms with Crippen molar-refractivity contribution >= 4 is 40.9 Å². The van der Waals surface area contributed by atoms with Crippen molar-refractivity contribution in [3.63, 3.8) is 0 Å². The van der Waals surface area contributed by atoms with E-state index in [1.54, 1.807) is 24.3 Å². The third-order valence-corrected chi connectivity index (χ3v) is 4.93. The number of rotatable bonds is 9. The number of esters is 2. The fraction of sp³-hybridized carbons (Fsp3) is 0.350. The highest BCUT2D eigenvalue weighted by molar-refractivity contribution is 6.58. The highest BCUT2D eigenvalue weighted by Gasteiger charge is 2.28. The smallest absolute Gasteiger partial charge is 0.358 e. The Morgan fingerprint density at radius 3 is 2.41 bits per heavy atom. The van der Waals surface area contributed by atoms with Gasteiger partial charge in [0, 0.05) is 23.1 Å². The number of carbonyl (C=O) groups is 2. The Balaban J connectivity index is 2.27. The number of allylic oxidation sites excluding steroid dienone is 1. The van der Waals surface area contributed by atoms with Crippen LogP contribution in [0.5, 0.6) is 0 Å². The molecule has 0 unspecified atom stereocenters. The number of aliphatic imine (C=N–C) groups is 1. The zero-order chi connectivity index (χ0) is 21.6. The summed E-state index contributed by atoms with van der Waals surface area (Å²) in [6.45, 7) is 3.86. The molecule has 1 atom stereocenters. The van der Waals surface area contributed by atoms with E-state index < -0.39 is 18.0 Å². The van der Waals surface area contributed by atoms with Crippen LogP contribution >= 0.6 is 23.2 Å². The topological polar surface area (TPSA) is 103 Å². The first-order chi connectivity index (χ1) is 13.8. The fourth-order valence-corrected chi connectivity index (χ4v) is 2.80. The summed E-state index contributed by atoms with van der Waals surface area (Å²) in [6, 6.07) is 6.14. The highest BCUT2D eigenvalue weighted by Crippen LogP contribution is 2.36. The Morgan fingerprint density at radius 1 is 1.28 bits per heavy atom. The molecule has 1 saturated carbocycles. The van der Waals surface area contributed by atoms with Gasteiger partial charge in [0.15, 0.2) is 5.71 Å². The van der Waals surface area contributed by atoms with Gasteiger partial charge in [-0.1, -0.05) is 41.9 Å². The lowest BCUT2D eigenvalue weighted by atomic mass is 10.1. The molecule has 1 fully saturated rings. The second kappa shape index (κ2) is 10.3. The van der Waals surface area contributed by atoms with Gasteiger partial charge in [0.1, 0.15) is 16.9 Å². The zero-order valence-electron chi connectivity index (χ0n) is 16.2. The van der Waals surface area contributed by atoms with Gasteiger partial charge in [0.05, 0.1) is 14.2 Å². The van der Waals surface area contributed by atoms with Crippen LogP contribution in [0.15, 0.2) is 52.4 Å². The van der Waals surface area contributed by atoms with Crippen molar-refractivity contribution in [2.24, 2.45) is 16.6 Å². The van der Waals surface area contributed by atoms with Crippen LogP contribution in [-0.2, 0) is 25.5 Å². The van der Waals surface area contributed by atoms with Crippen molar-refractivity contribution in [2.45, 2.75) is 25.3 Å². The molecule has 0 amide bonds. The number of halogens is 2. The molecule has 1 aliphatic carbocycles. The SMILES string of the molecule is C=C(/N=C(C(=O)OC)\C(Cl)=C(/N)N[C@@H](Cc1ccc(Cl)cc1)C(=O)OC)C1CC1. The molecular weight excluding hydrogens is 417 g/mol. The zero-order valence-corrected chi connectivity index (χ0v) is 17.7. The number of benzene rings is 1. The molecule has 1 aromatic rings. The lowest BCUT2D eigenvalue weighted by Crippen LogP contribution is -2.42. The quantitative estimate of drug-likeness (QED) is 0.452. The number of nitrogens with one attached hydrogen (secondary N) is 1. The summed E-state index contributed by atoms with van der Waals surface area (Å²) in [4.78, 5) is 28.5. The Labute approximate surface area is 179 Å². The van der Waals surface area contributed by atoms with Crippen LogP contribution in [0.2, 0.25) is 5.02 Å². The second-order valence-corrected chi connectivity index (χ2v) is 7.31. The Kier molecular flexibility index (Phi) is 8.10. The maximum atomic E-state index is 12.2. The largest absolute Gasteiger partial charge is 0.467 e. The predicted molar refractivity (Wildman–Crippen MR) is 112 cm³/mol. The van der Waals surface area contributed by atoms with Gasteiger partial charge in [-0.15, -0.1) is 0 Å². The number of nitrogens with zero attached hydrogens (tertiary/aromatic N) is 1. The van der Waals surface area contributed by atoms with Crippen LogP contribution in [0.3, 0.4) is 0 Å². The lowest BCUT2D eigenvalue weighted by Gasteiger charge is -2.19. The van der Waals surface area contributed by atoms with Gasteiger partial charge in [-0.2, -0.15) is 0 Å². The van der Waals surface area contributed by atoms with E-state index in [1.807, 2.05) is 0 Å². The summed E-state index contributed by atoms with van der Waals surface area (Å²) < 4.78 is 9.59. The molecule has 0 saturated heterocycles. The molecule has 0 aliphatic heterocycles. The van der Waals surface area contributed by atoms with Crippen molar-refractivity contribution in [3.8, 4) is 0 Å². The minimum atomic E-state index is -0.847. The van der Waals surface area contributed by atoms with Crippen molar-refractivity contribution in [1.29, 1.82) is 0 Å². The van der Waals surface area contributed by atoms with Crippen molar-refractivity contribution < 1.29 is 19.1 Å². The Morgan fingerprint density at radius 2 is 1.90 bits per heavy atom. The molecule has 0 bridgehead atoms. The normalized spacial score (nSPS) is 15.8. The van der Waals surface area contributed by atoms with Crippen LogP contribution in [0.25, 0.3) is 0 Å². The van der Waals surface area contributed by atoms with Gasteiger partial charge in [-0.05, 0) is 30.5 Å². The summed E-state index contributed by atoms with van der Waals surface area (Å²) in [5, 5.41) is 3.22. The number of carbonyl (C=O) groups excluding carboxylic acids is 2. The molecule has 7 nitrogen and oxygen atoms in total. The van der Waals surface area contributed by atoms with E-state index in [0.29, 0.717) is 10.7 Å². The van der Waals surface area contributed by atoms with E-state index in [0.717, 1.165) is 18.4 Å². The van der Waals surface area contributed by atoms with E-state index in [2.05, 4.69) is 16.9 Å². The van der Waals surface area contributed by atoms with Gasteiger partial charge in [0.25, 0.3) is 0 Å². The van der Waals surface area contributed by atoms with Crippen LogP contribution in [0.4, 0.5) is 0 Å². The van der Waals surface area contributed by atoms with Gasteiger partial charge in [-0.3, -0.25) is 0 Å². The monoisotopic (exact) mass is 439 g/mol. The molecule has 9 heteroatoms. The van der Waals surface area contributed by atoms with Crippen molar-refractivity contribution in [2.75, 3.05) is 14.2 Å². The van der Waals surface area contributed by atoms with Crippen LogP contribution in [0, 0.1) is 5.92 Å². The lowest BCUT2D eigenvalue weighted by molar-refractivity contribution is -0.142. The first-order valence-corrected chi connectivity index (χ1v) is 9.62. The molecule has 156 valence electrons. The number of nitrogens with two attached hydrogens (primary N) is 1. The maximum absolute atomic E-state index is 12.2. The first-order valence-electron chi connectivity index (χ1n) is 8.87. The van der Waals surface area contributed by atoms with Crippen LogP contribution < -0.4 is 11.1 Å². The third-order valence-electron chi connectivity index (χ3n) is 4.30. The first kappa shape index (κ1) is 22.8. The van der Waals surface area contributed by atoms with E-state index in [9.17, 15) is 9.59 Å². The standard InChI is InChI=1S/C20H23Cl2N3O4/c1-11(13-6-7-13)24-17(20(27)29-3)16(22)18(23)25-15(19(26)28-2)10-12-4-8-14(21)9-5-12/h4-5,8-9,13,15,25H,1,6-7,10,23H2,2-3H3/b18-16-,24-17+/t15-/m0/s1. The highest BCUT2D eigenvalue weighted by atomic mass is 35.5. The predicted octanol–water partition coefficient (Wildman–Crippen LogP) is 2.92. The molecule has 0 spiro atoms. The summed E-state index contributed by atoms with van der Waals surface area (Å²) in [7, 11) is 2.48. The summed E-state index contributed by atoms with van der Waals surface area (Å²) in [5.41, 5.74) is 7.22. The number of methoxy groups -OCH3 is 2. The molecular formula is C20H23Cl2N3O4. The van der Waals surface area contributed by atoms with E-state index in [-0.39, 0.29) is 28.9 Å². The molecule has 0 radical (unpaired) electrons. The summed E-state index contributed by atoms with van der Waals surface area (Å²) >= 11 is 12.2. The molecule has 1 aliphatic rings. The van der Waals surface area contributed by atoms with E-state index >= 15 is 0 Å². The molecule has 3 N–H and O–H groups in total. The maximum Gasteiger partial charge on any atom is 0.358 e. The van der Waals surface area contributed by atoms with Crippen molar-refractivity contribution in [3.05, 3.63) is 58.0 Å². The molecule has 29 heavy (non-hydrogen) atoms. The average molecular weight is 440 g/mol. The van der Waals surface area contributed by atoms with E-state index in [1.165, 1.54) is 14.2 Å². The minimum absolute atomic E-state index is 0.108. The van der Waals surface area contributed by atoms with Crippen molar-refractivity contribution in [1.82, 2.24) is 5.32 Å². The van der Waals surface area contributed by atoms with Gasteiger partial charge >= 0.3 is 11.9 Å². The minimum Gasteiger partial charge on any atom is -0.467 e. The Hall–Kier alpha value is -2.51. The molecule has 1 aromatic carbocycles. The average Bonchev–Trinajstić information content (AvgIpc) is 3.56. The van der Waals surface area contributed by atoms with Crippen LogP contribution in [0.1, 0.15) is 18.4 Å². The number of hydrogen-bond acceptors (Lipinski definition) is 7. The summed E-state index contributed by atoms with van der Waals surface area (Å²) in [5.74, 6) is -1.19. The molecule has 0 aromatic heterocycles.